The summed E-state index contributed by atoms with van der Waals surface area (Å²) in [6.07, 6.45) is 0.820. The van der Waals surface area contributed by atoms with E-state index in [1.807, 2.05) is 27.7 Å². The Bertz CT molecular complexity index is 526. The van der Waals surface area contributed by atoms with E-state index >= 15 is 0 Å². The van der Waals surface area contributed by atoms with E-state index in [1.54, 1.807) is 0 Å². The summed E-state index contributed by atoms with van der Waals surface area (Å²) in [5.41, 5.74) is -0.812. The largest absolute Gasteiger partial charge is 0.464 e. The Hall–Kier alpha value is -0.940. The molecule has 1 aliphatic heterocycles. The number of ketones is 1. The van der Waals surface area contributed by atoms with E-state index in [9.17, 15) is 9.59 Å². The highest BCUT2D eigenvalue weighted by atomic mass is 16.8. The molecule has 130 valence electrons. The Labute approximate surface area is 138 Å². The Morgan fingerprint density at radius 3 is 2.35 bits per heavy atom. The monoisotopic (exact) mass is 324 g/mol. The molecule has 0 N–H and O–H groups in total. The second kappa shape index (κ2) is 5.03. The second-order valence-corrected chi connectivity index (χ2v) is 8.73. The van der Waals surface area contributed by atoms with Crippen molar-refractivity contribution < 1.29 is 23.8 Å². The van der Waals surface area contributed by atoms with Gasteiger partial charge in [-0.1, -0.05) is 20.8 Å². The maximum absolute atomic E-state index is 13.3. The van der Waals surface area contributed by atoms with Gasteiger partial charge in [0.15, 0.2) is 5.79 Å². The van der Waals surface area contributed by atoms with Crippen LogP contribution in [0.15, 0.2) is 0 Å². The number of carbonyl (C=O) groups excluding carboxylic acids is 2. The van der Waals surface area contributed by atoms with Crippen LogP contribution in [0.25, 0.3) is 0 Å². The molecule has 1 heterocycles. The molecule has 2 saturated carbocycles. The summed E-state index contributed by atoms with van der Waals surface area (Å²) in [7, 11) is 0. The molecule has 0 spiro atoms. The van der Waals surface area contributed by atoms with Crippen LogP contribution in [-0.4, -0.2) is 36.4 Å². The zero-order valence-corrected chi connectivity index (χ0v) is 14.9. The number of carbonyl (C=O) groups is 2. The molecule has 6 atom stereocenters. The summed E-state index contributed by atoms with van der Waals surface area (Å²) < 4.78 is 17.7. The molecule has 1 saturated heterocycles. The normalized spacial score (nSPS) is 47.6. The maximum Gasteiger partial charge on any atom is 0.293 e. The third-order valence-corrected chi connectivity index (χ3v) is 6.36. The van der Waals surface area contributed by atoms with Crippen molar-refractivity contribution in [3.63, 3.8) is 0 Å². The molecule has 5 heteroatoms. The number of ether oxygens (including phenoxy) is 3. The first-order valence-electron chi connectivity index (χ1n) is 8.53. The SMILES string of the molecule is C[C@H]1C(=O)[C@@]2(C)[C@@H](OC=O)CCC(C)(C)[C@@H]2[C@@H]2OC(C)(C)O[C@@H]21. The van der Waals surface area contributed by atoms with Crippen molar-refractivity contribution in [3.05, 3.63) is 0 Å². The van der Waals surface area contributed by atoms with Crippen LogP contribution < -0.4 is 0 Å². The molecule has 0 aromatic carbocycles. The van der Waals surface area contributed by atoms with Gasteiger partial charge in [0.2, 0.25) is 0 Å². The van der Waals surface area contributed by atoms with E-state index in [1.165, 1.54) is 0 Å². The first kappa shape index (κ1) is 16.9. The number of hydrogen-bond donors (Lipinski definition) is 0. The molecule has 3 fully saturated rings. The van der Waals surface area contributed by atoms with Gasteiger partial charge in [-0.05, 0) is 39.0 Å². The molecule has 2 aliphatic carbocycles. The molecular weight excluding hydrogens is 296 g/mol. The van der Waals surface area contributed by atoms with Gasteiger partial charge in [0, 0.05) is 11.8 Å². The van der Waals surface area contributed by atoms with Crippen LogP contribution >= 0.6 is 0 Å². The number of Topliss-reactive ketones (excluding diaryl/α,β-unsaturated/α-hetero) is 1. The lowest BCUT2D eigenvalue weighted by molar-refractivity contribution is -0.201. The summed E-state index contributed by atoms with van der Waals surface area (Å²) in [4.78, 5) is 24.3. The Morgan fingerprint density at radius 1 is 1.13 bits per heavy atom. The highest BCUT2D eigenvalue weighted by Gasteiger charge is 2.68. The van der Waals surface area contributed by atoms with Crippen LogP contribution in [0.2, 0.25) is 0 Å². The van der Waals surface area contributed by atoms with Gasteiger partial charge in [0.25, 0.3) is 6.47 Å². The fraction of sp³-hybridized carbons (Fsp3) is 0.889. The Kier molecular flexibility index (Phi) is 3.69. The fourth-order valence-electron chi connectivity index (χ4n) is 5.45. The maximum atomic E-state index is 13.3. The van der Waals surface area contributed by atoms with Crippen LogP contribution in [0.1, 0.15) is 54.4 Å². The van der Waals surface area contributed by atoms with Crippen molar-refractivity contribution in [1.82, 2.24) is 0 Å². The molecule has 0 aromatic heterocycles. The van der Waals surface area contributed by atoms with E-state index in [2.05, 4.69) is 13.8 Å². The van der Waals surface area contributed by atoms with Crippen molar-refractivity contribution in [1.29, 1.82) is 0 Å². The smallest absolute Gasteiger partial charge is 0.293 e. The highest BCUT2D eigenvalue weighted by molar-refractivity contribution is 5.89. The topological polar surface area (TPSA) is 61.8 Å². The molecule has 3 aliphatic rings. The predicted molar refractivity (Wildman–Crippen MR) is 83.5 cm³/mol. The predicted octanol–water partition coefficient (Wildman–Crippen LogP) is 2.71. The lowest BCUT2D eigenvalue weighted by atomic mass is 9.47. The summed E-state index contributed by atoms with van der Waals surface area (Å²) in [5.74, 6) is -0.868. The van der Waals surface area contributed by atoms with Gasteiger partial charge in [-0.2, -0.15) is 0 Å². The van der Waals surface area contributed by atoms with Gasteiger partial charge < -0.3 is 14.2 Å². The third kappa shape index (κ3) is 2.27. The molecule has 0 bridgehead atoms. The van der Waals surface area contributed by atoms with E-state index in [4.69, 9.17) is 14.2 Å². The Balaban J connectivity index is 2.10. The van der Waals surface area contributed by atoms with Gasteiger partial charge in [-0.3, -0.25) is 9.59 Å². The van der Waals surface area contributed by atoms with Crippen LogP contribution in [0, 0.1) is 22.7 Å². The number of rotatable bonds is 2. The molecule has 23 heavy (non-hydrogen) atoms. The molecular formula is C18H28O5. The molecule has 5 nitrogen and oxygen atoms in total. The lowest BCUT2D eigenvalue weighted by Gasteiger charge is -2.58. The van der Waals surface area contributed by atoms with Crippen LogP contribution in [0.3, 0.4) is 0 Å². The quantitative estimate of drug-likeness (QED) is 0.731. The molecule has 0 radical (unpaired) electrons. The zero-order valence-electron chi connectivity index (χ0n) is 14.9. The minimum Gasteiger partial charge on any atom is -0.464 e. The molecule has 0 unspecified atom stereocenters. The minimum absolute atomic E-state index is 0.0378. The van der Waals surface area contributed by atoms with E-state index in [0.717, 1.165) is 6.42 Å². The van der Waals surface area contributed by atoms with E-state index < -0.39 is 11.2 Å². The third-order valence-electron chi connectivity index (χ3n) is 6.36. The number of hydrogen-bond acceptors (Lipinski definition) is 5. The van der Waals surface area contributed by atoms with Gasteiger partial charge in [0.05, 0.1) is 17.6 Å². The van der Waals surface area contributed by atoms with Gasteiger partial charge in [0.1, 0.15) is 11.9 Å². The van der Waals surface area contributed by atoms with Crippen LogP contribution in [0.4, 0.5) is 0 Å². The number of fused-ring (bicyclic) bond motifs is 3. The van der Waals surface area contributed by atoms with Gasteiger partial charge >= 0.3 is 0 Å². The minimum atomic E-state index is -0.729. The average molecular weight is 324 g/mol. The van der Waals surface area contributed by atoms with Gasteiger partial charge in [-0.25, -0.2) is 0 Å². The standard InChI is InChI=1S/C18H28O5/c1-10-12-13(23-17(4,5)22-12)14-16(2,3)8-7-11(21-9-19)18(14,6)15(10)20/h9-14H,7-8H2,1-6H3/t10-,11+,12-,13-,14+,18+/m1/s1. The lowest BCUT2D eigenvalue weighted by Crippen LogP contribution is -2.66. The first-order chi connectivity index (χ1) is 10.5. The van der Waals surface area contributed by atoms with Crippen LogP contribution in [0.5, 0.6) is 0 Å². The van der Waals surface area contributed by atoms with Crippen molar-refractivity contribution in [2.75, 3.05) is 0 Å². The summed E-state index contributed by atoms with van der Waals surface area (Å²) in [6.45, 7) is 12.5. The van der Waals surface area contributed by atoms with E-state index in [0.29, 0.717) is 12.9 Å². The molecule has 0 amide bonds. The average Bonchev–Trinajstić information content (AvgIpc) is 2.75. The molecule has 0 aromatic rings. The fourth-order valence-corrected chi connectivity index (χ4v) is 5.45. The van der Waals surface area contributed by atoms with Crippen molar-refractivity contribution >= 4 is 12.3 Å². The van der Waals surface area contributed by atoms with Crippen molar-refractivity contribution in [2.45, 2.75) is 78.5 Å². The Morgan fingerprint density at radius 2 is 1.74 bits per heavy atom. The second-order valence-electron chi connectivity index (χ2n) is 8.73. The van der Waals surface area contributed by atoms with Crippen LogP contribution in [-0.2, 0) is 23.8 Å². The zero-order chi connectivity index (χ0) is 17.2. The van der Waals surface area contributed by atoms with Crippen molar-refractivity contribution in [3.8, 4) is 0 Å². The summed E-state index contributed by atoms with van der Waals surface area (Å²) in [6, 6.07) is 0. The summed E-state index contributed by atoms with van der Waals surface area (Å²) >= 11 is 0. The summed E-state index contributed by atoms with van der Waals surface area (Å²) in [5, 5.41) is 0. The van der Waals surface area contributed by atoms with E-state index in [-0.39, 0.29) is 41.3 Å². The molecule has 3 rings (SSSR count). The van der Waals surface area contributed by atoms with Crippen molar-refractivity contribution in [2.24, 2.45) is 22.7 Å². The highest BCUT2D eigenvalue weighted by Crippen LogP contribution is 2.61. The van der Waals surface area contributed by atoms with Gasteiger partial charge in [-0.15, -0.1) is 0 Å². The first-order valence-corrected chi connectivity index (χ1v) is 8.53.